The predicted molar refractivity (Wildman–Crippen MR) is 114 cm³/mol. The number of carbonyl (C=O) groups is 3. The second kappa shape index (κ2) is 8.95. The summed E-state index contributed by atoms with van der Waals surface area (Å²) < 4.78 is 5.11. The number of anilines is 2. The van der Waals surface area contributed by atoms with E-state index in [1.807, 2.05) is 32.0 Å². The normalized spacial score (nSPS) is 15.6. The average Bonchev–Trinajstić information content (AvgIpc) is 3.11. The minimum absolute atomic E-state index is 0.0382. The van der Waals surface area contributed by atoms with Gasteiger partial charge < -0.3 is 15.0 Å². The maximum Gasteiger partial charge on any atom is 0.311 e. The fourth-order valence-electron chi connectivity index (χ4n) is 3.39. The summed E-state index contributed by atoms with van der Waals surface area (Å²) in [5, 5.41) is 13.9. The van der Waals surface area contributed by atoms with Crippen LogP contribution in [0, 0.1) is 36.8 Å². The lowest BCUT2D eigenvalue weighted by Gasteiger charge is -2.17. The smallest absolute Gasteiger partial charge is 0.311 e. The molecule has 31 heavy (non-hydrogen) atoms. The molecule has 1 aliphatic rings. The molecular weight excluding hydrogens is 402 g/mol. The lowest BCUT2D eigenvalue weighted by molar-refractivity contribution is -0.385. The van der Waals surface area contributed by atoms with Gasteiger partial charge in [-0.05, 0) is 44.0 Å². The van der Waals surface area contributed by atoms with Crippen LogP contribution in [0.25, 0.3) is 0 Å². The Balaban J connectivity index is 1.59. The molecule has 162 valence electrons. The van der Waals surface area contributed by atoms with Crippen molar-refractivity contribution in [2.75, 3.05) is 23.4 Å². The maximum absolute atomic E-state index is 12.4. The van der Waals surface area contributed by atoms with Crippen molar-refractivity contribution in [2.45, 2.75) is 27.2 Å². The molecule has 1 saturated heterocycles. The zero-order chi connectivity index (χ0) is 22.7. The zero-order valence-corrected chi connectivity index (χ0v) is 17.5. The molecule has 1 aliphatic heterocycles. The first-order valence-electron chi connectivity index (χ1n) is 9.75. The summed E-state index contributed by atoms with van der Waals surface area (Å²) in [5.41, 5.74) is 3.24. The first kappa shape index (κ1) is 21.9. The van der Waals surface area contributed by atoms with Gasteiger partial charge in [0.15, 0.2) is 6.61 Å². The van der Waals surface area contributed by atoms with Gasteiger partial charge in [0.2, 0.25) is 5.91 Å². The number of esters is 1. The summed E-state index contributed by atoms with van der Waals surface area (Å²) in [6.07, 6.45) is -0.0842. The number of ether oxygens (including phenoxy) is 1. The van der Waals surface area contributed by atoms with E-state index in [1.54, 1.807) is 19.1 Å². The highest BCUT2D eigenvalue weighted by molar-refractivity contribution is 6.00. The summed E-state index contributed by atoms with van der Waals surface area (Å²) in [7, 11) is 0. The molecule has 1 heterocycles. The Morgan fingerprint density at radius 1 is 1.16 bits per heavy atom. The molecule has 0 bridgehead atoms. The van der Waals surface area contributed by atoms with E-state index in [1.165, 1.54) is 11.0 Å². The fourth-order valence-corrected chi connectivity index (χ4v) is 3.39. The number of amides is 2. The molecule has 2 aromatic carbocycles. The van der Waals surface area contributed by atoms with Crippen molar-refractivity contribution >= 4 is 34.8 Å². The van der Waals surface area contributed by atoms with Gasteiger partial charge in [0.1, 0.15) is 0 Å². The van der Waals surface area contributed by atoms with E-state index in [-0.39, 0.29) is 24.6 Å². The minimum Gasteiger partial charge on any atom is -0.455 e. The Morgan fingerprint density at radius 3 is 2.58 bits per heavy atom. The van der Waals surface area contributed by atoms with Crippen LogP contribution in [0.15, 0.2) is 36.4 Å². The van der Waals surface area contributed by atoms with Gasteiger partial charge in [-0.15, -0.1) is 0 Å². The van der Waals surface area contributed by atoms with Crippen LogP contribution < -0.4 is 10.2 Å². The quantitative estimate of drug-likeness (QED) is 0.432. The number of benzene rings is 2. The molecule has 2 amide bonds. The van der Waals surface area contributed by atoms with Crippen molar-refractivity contribution in [3.8, 4) is 0 Å². The van der Waals surface area contributed by atoms with Crippen molar-refractivity contribution in [1.82, 2.24) is 0 Å². The minimum atomic E-state index is -0.749. The van der Waals surface area contributed by atoms with Crippen molar-refractivity contribution in [3.63, 3.8) is 0 Å². The van der Waals surface area contributed by atoms with Crippen LogP contribution in [0.3, 0.4) is 0 Å². The van der Waals surface area contributed by atoms with Gasteiger partial charge in [-0.2, -0.15) is 0 Å². The van der Waals surface area contributed by atoms with E-state index in [9.17, 15) is 24.5 Å². The molecule has 0 aliphatic carbocycles. The number of carbonyl (C=O) groups excluding carboxylic acids is 3. The molecule has 9 nitrogen and oxygen atoms in total. The first-order valence-corrected chi connectivity index (χ1v) is 9.75. The monoisotopic (exact) mass is 425 g/mol. The van der Waals surface area contributed by atoms with Crippen molar-refractivity contribution in [2.24, 2.45) is 5.92 Å². The van der Waals surface area contributed by atoms with Crippen LogP contribution in [-0.2, 0) is 19.1 Å². The Hall–Kier alpha value is -3.75. The van der Waals surface area contributed by atoms with Gasteiger partial charge in [-0.1, -0.05) is 18.2 Å². The molecule has 1 N–H and O–H groups in total. The Morgan fingerprint density at radius 2 is 1.87 bits per heavy atom. The van der Waals surface area contributed by atoms with Crippen LogP contribution >= 0.6 is 0 Å². The topological polar surface area (TPSA) is 119 Å². The Labute approximate surface area is 179 Å². The molecule has 0 aromatic heterocycles. The van der Waals surface area contributed by atoms with Gasteiger partial charge in [0, 0.05) is 30.3 Å². The number of nitrogens with zero attached hydrogens (tertiary/aromatic N) is 2. The third-order valence-corrected chi connectivity index (χ3v) is 5.17. The highest BCUT2D eigenvalue weighted by Gasteiger charge is 2.37. The lowest BCUT2D eigenvalue weighted by atomic mass is 10.1. The number of hydrogen-bond acceptors (Lipinski definition) is 6. The second-order valence-corrected chi connectivity index (χ2v) is 7.61. The third kappa shape index (κ3) is 5.06. The highest BCUT2D eigenvalue weighted by Crippen LogP contribution is 2.30. The maximum atomic E-state index is 12.4. The molecule has 9 heteroatoms. The Bertz CT molecular complexity index is 1070. The van der Waals surface area contributed by atoms with Gasteiger partial charge in [-0.3, -0.25) is 24.5 Å². The van der Waals surface area contributed by atoms with Crippen molar-refractivity contribution in [1.29, 1.82) is 0 Å². The largest absolute Gasteiger partial charge is 0.455 e. The van der Waals surface area contributed by atoms with Crippen molar-refractivity contribution < 1.29 is 24.0 Å². The number of nitro benzene ring substituents is 1. The molecule has 3 rings (SSSR count). The summed E-state index contributed by atoms with van der Waals surface area (Å²) >= 11 is 0. The number of aryl methyl sites for hydroxylation is 3. The van der Waals surface area contributed by atoms with Crippen molar-refractivity contribution in [3.05, 3.63) is 63.2 Å². The fraction of sp³-hybridized carbons (Fsp3) is 0.318. The van der Waals surface area contributed by atoms with Gasteiger partial charge in [0.25, 0.3) is 11.6 Å². The third-order valence-electron chi connectivity index (χ3n) is 5.17. The van der Waals surface area contributed by atoms with Crippen LogP contribution in [-0.4, -0.2) is 35.9 Å². The lowest BCUT2D eigenvalue weighted by Crippen LogP contribution is -2.28. The van der Waals surface area contributed by atoms with Crippen LogP contribution in [0.5, 0.6) is 0 Å². The molecule has 0 saturated carbocycles. The first-order chi connectivity index (χ1) is 14.7. The van der Waals surface area contributed by atoms with Gasteiger partial charge in [-0.25, -0.2) is 0 Å². The molecule has 0 radical (unpaired) electrons. The summed E-state index contributed by atoms with van der Waals surface area (Å²) in [6.45, 7) is 4.94. The van der Waals surface area contributed by atoms with E-state index in [4.69, 9.17) is 4.74 Å². The average molecular weight is 425 g/mol. The van der Waals surface area contributed by atoms with E-state index < -0.39 is 29.3 Å². The number of rotatable bonds is 6. The molecule has 0 spiro atoms. The van der Waals surface area contributed by atoms with E-state index >= 15 is 0 Å². The number of nitro groups is 1. The molecule has 0 unspecified atom stereocenters. The molecule has 1 fully saturated rings. The Kier molecular flexibility index (Phi) is 6.33. The van der Waals surface area contributed by atoms with Crippen LogP contribution in [0.1, 0.15) is 23.1 Å². The summed E-state index contributed by atoms with van der Waals surface area (Å²) in [5.74, 6) is -2.22. The van der Waals surface area contributed by atoms with E-state index in [2.05, 4.69) is 5.32 Å². The van der Waals surface area contributed by atoms with Gasteiger partial charge >= 0.3 is 5.97 Å². The molecule has 2 aromatic rings. The second-order valence-electron chi connectivity index (χ2n) is 7.61. The molecular formula is C22H23N3O6. The number of hydrogen-bond donors (Lipinski definition) is 1. The SMILES string of the molecule is Cc1ccc(C)c(NC(=O)COC(=O)[C@@H]2CC(=O)N(c3ccc(C)c([N+](=O)[O-])c3)C2)c1. The number of nitrogens with one attached hydrogen (secondary N) is 1. The van der Waals surface area contributed by atoms with Crippen LogP contribution in [0.2, 0.25) is 0 Å². The predicted octanol–water partition coefficient (Wildman–Crippen LogP) is 3.05. The summed E-state index contributed by atoms with van der Waals surface area (Å²) in [4.78, 5) is 48.9. The van der Waals surface area contributed by atoms with E-state index in [0.29, 0.717) is 16.9 Å². The standard InChI is InChI=1S/C22H23N3O6/c1-13-4-5-14(2)18(8-13)23-20(26)12-31-22(28)16-9-21(27)24(11-16)17-7-6-15(3)19(10-17)25(29)30/h4-8,10,16H,9,11-12H2,1-3H3,(H,23,26)/t16-/m1/s1. The van der Waals surface area contributed by atoms with E-state index in [0.717, 1.165) is 11.1 Å². The summed E-state index contributed by atoms with van der Waals surface area (Å²) in [6, 6.07) is 10.1. The van der Waals surface area contributed by atoms with Gasteiger partial charge in [0.05, 0.1) is 16.5 Å². The molecule has 1 atom stereocenters. The van der Waals surface area contributed by atoms with Crippen LogP contribution in [0.4, 0.5) is 17.1 Å². The highest BCUT2D eigenvalue weighted by atomic mass is 16.6. The zero-order valence-electron chi connectivity index (χ0n) is 17.5.